The fourth-order valence-corrected chi connectivity index (χ4v) is 3.68. The first-order valence-corrected chi connectivity index (χ1v) is 8.69. The van der Waals surface area contributed by atoms with Crippen LogP contribution in [-0.4, -0.2) is 35.9 Å². The summed E-state index contributed by atoms with van der Waals surface area (Å²) in [6, 6.07) is 3.21. The lowest BCUT2D eigenvalue weighted by atomic mass is 10.2. The van der Waals surface area contributed by atoms with Gasteiger partial charge in [0, 0.05) is 20.2 Å². The van der Waals surface area contributed by atoms with E-state index in [0.29, 0.717) is 13.1 Å². The average molecular weight is 532 g/mol. The average Bonchev–Trinajstić information content (AvgIpc) is 2.34. The minimum absolute atomic E-state index is 0.256. The van der Waals surface area contributed by atoms with Crippen molar-refractivity contribution >= 4 is 62.9 Å². The Balaban J connectivity index is 2.52. The minimum Gasteiger partial charge on any atom is -0.478 e. The number of amides is 1. The normalized spacial score (nSPS) is 11.0. The summed E-state index contributed by atoms with van der Waals surface area (Å²) in [5, 5.41) is 14.8. The van der Waals surface area contributed by atoms with Crippen molar-refractivity contribution in [1.29, 1.82) is 0 Å². The zero-order valence-corrected chi connectivity index (χ0v) is 16.8. The number of aromatic carboxylic acids is 1. The molecule has 1 rings (SSSR count). The molecular weight excluding hydrogens is 514 g/mol. The summed E-state index contributed by atoms with van der Waals surface area (Å²) in [5.74, 6) is -0.950. The molecule has 0 saturated carbocycles. The number of hydrogen-bond acceptors (Lipinski definition) is 4. The van der Waals surface area contributed by atoms with Gasteiger partial charge in [0.15, 0.2) is 0 Å². The molecule has 0 fully saturated rings. The minimum atomic E-state index is -0.950. The topological polar surface area (TPSA) is 87.7 Å². The highest BCUT2D eigenvalue weighted by molar-refractivity contribution is 14.1. The van der Waals surface area contributed by atoms with Gasteiger partial charge in [-0.3, -0.25) is 0 Å². The molecule has 0 saturated heterocycles. The van der Waals surface area contributed by atoms with Crippen LogP contribution in [0.25, 0.3) is 0 Å². The molecule has 0 aliphatic rings. The number of carbonyl (C=O) groups is 2. The lowest BCUT2D eigenvalue weighted by Gasteiger charge is -2.20. The summed E-state index contributed by atoms with van der Waals surface area (Å²) in [6.45, 7) is 6.33. The number of alkyl carbamates (subject to hydrolysis) is 1. The van der Waals surface area contributed by atoms with E-state index >= 15 is 0 Å². The maximum Gasteiger partial charge on any atom is 0.407 e. The van der Waals surface area contributed by atoms with Gasteiger partial charge in [0.2, 0.25) is 0 Å². The van der Waals surface area contributed by atoms with Crippen LogP contribution in [0, 0.1) is 7.14 Å². The number of rotatable bonds is 5. The van der Waals surface area contributed by atoms with Crippen molar-refractivity contribution in [2.24, 2.45) is 0 Å². The van der Waals surface area contributed by atoms with E-state index in [4.69, 9.17) is 9.84 Å². The Morgan fingerprint density at radius 2 is 1.73 bits per heavy atom. The summed E-state index contributed by atoms with van der Waals surface area (Å²) in [7, 11) is 0. The molecule has 0 bridgehead atoms. The number of halogens is 2. The maximum absolute atomic E-state index is 11.5. The van der Waals surface area contributed by atoms with Gasteiger partial charge in [-0.05, 0) is 78.1 Å². The van der Waals surface area contributed by atoms with Gasteiger partial charge >= 0.3 is 12.1 Å². The Morgan fingerprint density at radius 3 is 2.18 bits per heavy atom. The van der Waals surface area contributed by atoms with Crippen molar-refractivity contribution in [2.75, 3.05) is 18.4 Å². The molecule has 1 aromatic carbocycles. The monoisotopic (exact) mass is 532 g/mol. The highest BCUT2D eigenvalue weighted by atomic mass is 127. The van der Waals surface area contributed by atoms with Crippen LogP contribution in [0.15, 0.2) is 12.1 Å². The second kappa shape index (κ2) is 8.18. The van der Waals surface area contributed by atoms with Gasteiger partial charge in [0.25, 0.3) is 0 Å². The second-order valence-electron chi connectivity index (χ2n) is 5.48. The Hall–Kier alpha value is -0.780. The van der Waals surface area contributed by atoms with Crippen molar-refractivity contribution in [3.63, 3.8) is 0 Å². The Morgan fingerprint density at radius 1 is 1.18 bits per heavy atom. The van der Waals surface area contributed by atoms with Gasteiger partial charge in [-0.25, -0.2) is 9.59 Å². The van der Waals surface area contributed by atoms with E-state index < -0.39 is 17.7 Å². The SMILES string of the molecule is CC(C)(C)OC(=O)NCCNc1c(I)cc(C(=O)O)cc1I. The number of ether oxygens (including phenoxy) is 1. The van der Waals surface area contributed by atoms with E-state index in [0.717, 1.165) is 12.8 Å². The first kappa shape index (κ1) is 19.3. The van der Waals surface area contributed by atoms with Crippen molar-refractivity contribution in [2.45, 2.75) is 26.4 Å². The molecule has 0 aliphatic heterocycles. The summed E-state index contributed by atoms with van der Waals surface area (Å²) in [5.41, 5.74) is 0.595. The second-order valence-corrected chi connectivity index (χ2v) is 7.80. The first-order chi connectivity index (χ1) is 10.1. The zero-order chi connectivity index (χ0) is 16.9. The van der Waals surface area contributed by atoms with Crippen LogP contribution in [0.5, 0.6) is 0 Å². The van der Waals surface area contributed by atoms with Gasteiger partial charge in [-0.15, -0.1) is 0 Å². The number of hydrogen-bond donors (Lipinski definition) is 3. The largest absolute Gasteiger partial charge is 0.478 e. The number of carboxylic acid groups (broad SMARTS) is 1. The highest BCUT2D eigenvalue weighted by Crippen LogP contribution is 2.26. The third-order valence-corrected chi connectivity index (χ3v) is 4.09. The molecule has 0 spiro atoms. The van der Waals surface area contributed by atoms with Gasteiger partial charge in [0.05, 0.1) is 11.3 Å². The van der Waals surface area contributed by atoms with Crippen LogP contribution in [0.2, 0.25) is 0 Å². The number of anilines is 1. The van der Waals surface area contributed by atoms with Crippen LogP contribution in [0.4, 0.5) is 10.5 Å². The van der Waals surface area contributed by atoms with Crippen LogP contribution < -0.4 is 10.6 Å². The standard InChI is InChI=1S/C14H18I2N2O4/c1-14(2,3)22-13(21)18-5-4-17-11-9(15)6-8(12(19)20)7-10(11)16/h6-7,17H,4-5H2,1-3H3,(H,18,21)(H,19,20). The number of carboxylic acids is 1. The van der Waals surface area contributed by atoms with Crippen molar-refractivity contribution in [3.8, 4) is 0 Å². The molecule has 0 aromatic heterocycles. The van der Waals surface area contributed by atoms with Crippen molar-refractivity contribution < 1.29 is 19.4 Å². The molecule has 6 nitrogen and oxygen atoms in total. The molecule has 0 heterocycles. The van der Waals surface area contributed by atoms with Gasteiger partial charge in [0.1, 0.15) is 5.60 Å². The third kappa shape index (κ3) is 6.55. The Kier molecular flexibility index (Phi) is 7.16. The predicted molar refractivity (Wildman–Crippen MR) is 102 cm³/mol. The number of nitrogens with one attached hydrogen (secondary N) is 2. The van der Waals surface area contributed by atoms with Crippen LogP contribution >= 0.6 is 45.2 Å². The smallest absolute Gasteiger partial charge is 0.407 e. The van der Waals surface area contributed by atoms with E-state index in [1.807, 2.05) is 0 Å². The fraction of sp³-hybridized carbons (Fsp3) is 0.429. The molecule has 122 valence electrons. The highest BCUT2D eigenvalue weighted by Gasteiger charge is 2.15. The van der Waals surface area contributed by atoms with E-state index in [-0.39, 0.29) is 5.56 Å². The molecule has 0 unspecified atom stereocenters. The fourth-order valence-electron chi connectivity index (χ4n) is 1.53. The Labute approximate surface area is 156 Å². The summed E-state index contributed by atoms with van der Waals surface area (Å²) >= 11 is 4.17. The third-order valence-electron chi connectivity index (χ3n) is 2.38. The molecule has 0 atom stereocenters. The molecular formula is C14H18I2N2O4. The maximum atomic E-state index is 11.5. The van der Waals surface area contributed by atoms with Crippen molar-refractivity contribution in [1.82, 2.24) is 5.32 Å². The molecule has 0 radical (unpaired) electrons. The van der Waals surface area contributed by atoms with Gasteiger partial charge < -0.3 is 20.5 Å². The van der Waals surface area contributed by atoms with Gasteiger partial charge in [-0.1, -0.05) is 0 Å². The van der Waals surface area contributed by atoms with Crippen LogP contribution in [0.3, 0.4) is 0 Å². The molecule has 1 amide bonds. The summed E-state index contributed by atoms with van der Waals surface area (Å²) < 4.78 is 6.77. The molecule has 1 aromatic rings. The lowest BCUT2D eigenvalue weighted by molar-refractivity contribution is 0.0529. The Bertz CT molecular complexity index is 547. The summed E-state index contributed by atoms with van der Waals surface area (Å²) in [4.78, 5) is 22.5. The first-order valence-electron chi connectivity index (χ1n) is 6.53. The molecule has 3 N–H and O–H groups in total. The van der Waals surface area contributed by atoms with E-state index in [9.17, 15) is 9.59 Å². The van der Waals surface area contributed by atoms with Crippen LogP contribution in [-0.2, 0) is 4.74 Å². The van der Waals surface area contributed by atoms with E-state index in [2.05, 4.69) is 55.8 Å². The lowest BCUT2D eigenvalue weighted by Crippen LogP contribution is -2.35. The quantitative estimate of drug-likeness (QED) is 0.399. The molecule has 22 heavy (non-hydrogen) atoms. The van der Waals surface area contributed by atoms with E-state index in [1.54, 1.807) is 32.9 Å². The molecule has 8 heteroatoms. The van der Waals surface area contributed by atoms with Crippen molar-refractivity contribution in [3.05, 3.63) is 24.8 Å². The zero-order valence-electron chi connectivity index (χ0n) is 12.5. The molecule has 0 aliphatic carbocycles. The van der Waals surface area contributed by atoms with Crippen LogP contribution in [0.1, 0.15) is 31.1 Å². The number of carbonyl (C=O) groups excluding carboxylic acids is 1. The van der Waals surface area contributed by atoms with E-state index in [1.165, 1.54) is 0 Å². The number of benzene rings is 1. The van der Waals surface area contributed by atoms with Gasteiger partial charge in [-0.2, -0.15) is 0 Å². The summed E-state index contributed by atoms with van der Waals surface area (Å²) in [6.07, 6.45) is -0.458. The predicted octanol–water partition coefficient (Wildman–Crippen LogP) is 3.53.